The average molecular weight is 297 g/mol. The fourth-order valence-electron chi connectivity index (χ4n) is 2.51. The van der Waals surface area contributed by atoms with Crippen molar-refractivity contribution in [3.05, 3.63) is 12.0 Å². The van der Waals surface area contributed by atoms with E-state index in [9.17, 15) is 0 Å². The van der Waals surface area contributed by atoms with Crippen molar-refractivity contribution in [2.24, 2.45) is 0 Å². The smallest absolute Gasteiger partial charge is 0.407 e. The van der Waals surface area contributed by atoms with Gasteiger partial charge in [0.25, 0.3) is 0 Å². The van der Waals surface area contributed by atoms with Crippen molar-refractivity contribution in [1.29, 1.82) is 0 Å². The summed E-state index contributed by atoms with van der Waals surface area (Å²) in [5, 5.41) is 3.27. The molecule has 0 saturated carbocycles. The number of morpholine rings is 1. The minimum atomic E-state index is -0.195. The minimum absolute atomic E-state index is 0.149. The molecule has 2 aliphatic heterocycles. The van der Waals surface area contributed by atoms with E-state index < -0.39 is 0 Å². The van der Waals surface area contributed by atoms with Crippen molar-refractivity contribution in [2.45, 2.75) is 32.3 Å². The van der Waals surface area contributed by atoms with Crippen LogP contribution in [0.2, 0.25) is 0 Å². The van der Waals surface area contributed by atoms with Gasteiger partial charge >= 0.3 is 7.12 Å². The van der Waals surface area contributed by atoms with Crippen LogP contribution in [0.5, 0.6) is 0 Å². The van der Waals surface area contributed by atoms with Crippen molar-refractivity contribution in [2.75, 3.05) is 47.0 Å². The molecule has 0 bridgehead atoms. The Morgan fingerprint density at radius 3 is 2.57 bits per heavy atom. The third kappa shape index (κ3) is 4.28. The van der Waals surface area contributed by atoms with Crippen LogP contribution in [0, 0.1) is 0 Å². The van der Waals surface area contributed by atoms with Gasteiger partial charge in [-0.1, -0.05) is 0 Å². The van der Waals surface area contributed by atoms with Gasteiger partial charge in [-0.15, -0.1) is 0 Å². The number of hydrogen-bond donors (Lipinski definition) is 1. The van der Waals surface area contributed by atoms with Gasteiger partial charge in [0, 0.05) is 33.4 Å². The molecule has 1 unspecified atom stereocenters. The predicted octanol–water partition coefficient (Wildman–Crippen LogP) is 0.510. The molecule has 1 N–H and O–H groups in total. The van der Waals surface area contributed by atoms with Gasteiger partial charge in [0.1, 0.15) is 5.82 Å². The van der Waals surface area contributed by atoms with Gasteiger partial charge in [0.15, 0.2) is 0 Å². The molecule has 2 rings (SSSR count). The van der Waals surface area contributed by atoms with E-state index in [4.69, 9.17) is 14.0 Å². The van der Waals surface area contributed by atoms with E-state index in [0.717, 1.165) is 32.1 Å². The Morgan fingerprint density at radius 1 is 1.38 bits per heavy atom. The van der Waals surface area contributed by atoms with E-state index in [1.807, 2.05) is 7.05 Å². The molecule has 0 spiro atoms. The third-order valence-corrected chi connectivity index (χ3v) is 4.00. The normalized spacial score (nSPS) is 24.1. The first-order chi connectivity index (χ1) is 9.93. The molecule has 120 valence electrons. The van der Waals surface area contributed by atoms with Crippen LogP contribution in [0.3, 0.4) is 0 Å². The SMILES string of the molecule is CN/C(=C\N(C)C(C)B1OCC(C)(C)O1)N1CCOCC1. The van der Waals surface area contributed by atoms with Crippen LogP contribution < -0.4 is 5.32 Å². The summed E-state index contributed by atoms with van der Waals surface area (Å²) in [6.07, 6.45) is 2.12. The summed E-state index contributed by atoms with van der Waals surface area (Å²) in [5.41, 5.74) is -0.195. The highest BCUT2D eigenvalue weighted by Crippen LogP contribution is 2.23. The standard InChI is InChI=1S/C14H28BN3O3/c1-12(15-20-11-14(2,3)21-15)17(5)10-13(16-4)18-6-8-19-9-7-18/h10,12,16H,6-9,11H2,1-5H3/b13-10+. The zero-order chi connectivity index (χ0) is 15.5. The number of rotatable bonds is 5. The highest BCUT2D eigenvalue weighted by atomic mass is 16.7. The Morgan fingerprint density at radius 2 is 2.05 bits per heavy atom. The molecule has 0 aliphatic carbocycles. The molecule has 6 nitrogen and oxygen atoms in total. The lowest BCUT2D eigenvalue weighted by atomic mass is 9.79. The van der Waals surface area contributed by atoms with Gasteiger partial charge in [-0.25, -0.2) is 0 Å². The number of ether oxygens (including phenoxy) is 1. The molecule has 1 atom stereocenters. The number of nitrogens with one attached hydrogen (secondary N) is 1. The maximum Gasteiger partial charge on any atom is 0.481 e. The summed E-state index contributed by atoms with van der Waals surface area (Å²) in [5.74, 6) is 1.25. The molecule has 2 heterocycles. The van der Waals surface area contributed by atoms with Gasteiger partial charge in [-0.05, 0) is 20.8 Å². The lowest BCUT2D eigenvalue weighted by molar-refractivity contribution is 0.0498. The summed E-state index contributed by atoms with van der Waals surface area (Å²) < 4.78 is 17.1. The van der Waals surface area contributed by atoms with Crippen LogP contribution in [0.15, 0.2) is 12.0 Å². The summed E-state index contributed by atoms with van der Waals surface area (Å²) in [4.78, 5) is 4.44. The Bertz CT molecular complexity index is 372. The van der Waals surface area contributed by atoms with Gasteiger partial charge in [-0.2, -0.15) is 0 Å². The van der Waals surface area contributed by atoms with Crippen LogP contribution in [0.25, 0.3) is 0 Å². The van der Waals surface area contributed by atoms with Gasteiger partial charge in [0.2, 0.25) is 0 Å². The largest absolute Gasteiger partial charge is 0.481 e. The Kier molecular flexibility index (Phi) is 5.40. The fraction of sp³-hybridized carbons (Fsp3) is 0.857. The molecular weight excluding hydrogens is 269 g/mol. The highest BCUT2D eigenvalue weighted by molar-refractivity contribution is 6.47. The maximum atomic E-state index is 5.95. The molecule has 0 aromatic rings. The number of hydrogen-bond acceptors (Lipinski definition) is 6. The van der Waals surface area contributed by atoms with Crippen molar-refractivity contribution in [1.82, 2.24) is 15.1 Å². The first-order valence-electron chi connectivity index (χ1n) is 7.66. The van der Waals surface area contributed by atoms with Crippen molar-refractivity contribution in [3.63, 3.8) is 0 Å². The first-order valence-corrected chi connectivity index (χ1v) is 7.66. The van der Waals surface area contributed by atoms with E-state index in [2.05, 4.69) is 49.1 Å². The quantitative estimate of drug-likeness (QED) is 0.746. The molecule has 0 radical (unpaired) electrons. The summed E-state index contributed by atoms with van der Waals surface area (Å²) in [6.45, 7) is 10.3. The van der Waals surface area contributed by atoms with E-state index in [1.165, 1.54) is 0 Å². The highest BCUT2D eigenvalue weighted by Gasteiger charge is 2.41. The Labute approximate surface area is 128 Å². The van der Waals surface area contributed by atoms with Gasteiger partial charge < -0.3 is 29.2 Å². The predicted molar refractivity (Wildman–Crippen MR) is 83.6 cm³/mol. The second kappa shape index (κ2) is 6.90. The molecule has 0 amide bonds. The van der Waals surface area contributed by atoms with Crippen LogP contribution in [-0.2, 0) is 14.0 Å². The third-order valence-electron chi connectivity index (χ3n) is 4.00. The molecule has 2 aliphatic rings. The monoisotopic (exact) mass is 297 g/mol. The topological polar surface area (TPSA) is 46.2 Å². The summed E-state index contributed by atoms with van der Waals surface area (Å²) >= 11 is 0. The van der Waals surface area contributed by atoms with Crippen molar-refractivity contribution in [3.8, 4) is 0 Å². The molecule has 2 saturated heterocycles. The molecule has 21 heavy (non-hydrogen) atoms. The summed E-state index contributed by atoms with van der Waals surface area (Å²) in [6, 6.07) is 0. The zero-order valence-corrected chi connectivity index (χ0v) is 13.9. The second-order valence-electron chi connectivity index (χ2n) is 6.33. The fourth-order valence-corrected chi connectivity index (χ4v) is 2.51. The van der Waals surface area contributed by atoms with E-state index in [1.54, 1.807) is 0 Å². The van der Waals surface area contributed by atoms with Crippen LogP contribution in [0.1, 0.15) is 20.8 Å². The van der Waals surface area contributed by atoms with Crippen LogP contribution in [0.4, 0.5) is 0 Å². The zero-order valence-electron chi connectivity index (χ0n) is 13.9. The van der Waals surface area contributed by atoms with Gasteiger partial charge in [0.05, 0.1) is 31.4 Å². The lowest BCUT2D eigenvalue weighted by Crippen LogP contribution is -2.44. The van der Waals surface area contributed by atoms with E-state index in [-0.39, 0.29) is 18.7 Å². The molecule has 7 heteroatoms. The Balaban J connectivity index is 1.97. The van der Waals surface area contributed by atoms with Crippen molar-refractivity contribution < 1.29 is 14.0 Å². The van der Waals surface area contributed by atoms with Crippen LogP contribution in [-0.4, -0.2) is 75.5 Å². The summed E-state index contributed by atoms with van der Waals surface area (Å²) in [7, 11) is 3.82. The molecule has 0 aromatic carbocycles. The lowest BCUT2D eigenvalue weighted by Gasteiger charge is -2.33. The van der Waals surface area contributed by atoms with Crippen LogP contribution >= 0.6 is 0 Å². The van der Waals surface area contributed by atoms with Gasteiger partial charge in [-0.3, -0.25) is 0 Å². The molecule has 0 aromatic heterocycles. The second-order valence-corrected chi connectivity index (χ2v) is 6.33. The first kappa shape index (κ1) is 16.5. The van der Waals surface area contributed by atoms with Crippen molar-refractivity contribution >= 4 is 7.12 Å². The Hall–Kier alpha value is -0.915. The van der Waals surface area contributed by atoms with E-state index >= 15 is 0 Å². The maximum absolute atomic E-state index is 5.95. The molecular formula is C14H28BN3O3. The van der Waals surface area contributed by atoms with E-state index in [0.29, 0.717) is 6.61 Å². The minimum Gasteiger partial charge on any atom is -0.407 e. The number of nitrogens with zero attached hydrogens (tertiary/aromatic N) is 2. The average Bonchev–Trinajstić information content (AvgIpc) is 2.84. The molecule has 2 fully saturated rings.